The fraction of sp³-hybridized carbons (Fsp3) is 0.333. The summed E-state index contributed by atoms with van der Waals surface area (Å²) < 4.78 is 7.06. The molecule has 0 atom stereocenters. The van der Waals surface area contributed by atoms with Crippen LogP contribution >= 0.6 is 11.3 Å². The molecule has 0 unspecified atom stereocenters. The number of hydrogen-bond donors (Lipinski definition) is 0. The van der Waals surface area contributed by atoms with Crippen molar-refractivity contribution in [3.8, 4) is 5.75 Å². The molecule has 0 spiro atoms. The van der Waals surface area contributed by atoms with Gasteiger partial charge in [-0.1, -0.05) is 61.6 Å². The van der Waals surface area contributed by atoms with Crippen molar-refractivity contribution in [1.82, 2.24) is 9.88 Å². The SMILES string of the molecule is CCN(CC)CCN(C(=O)COc1ccc2ccccc2c1)c1nc2cc(C)cc(C)c2s1. The highest BCUT2D eigenvalue weighted by Gasteiger charge is 2.21. The maximum absolute atomic E-state index is 13.3. The van der Waals surface area contributed by atoms with Crippen LogP contribution in [0, 0.1) is 13.8 Å². The van der Waals surface area contributed by atoms with E-state index in [1.807, 2.05) is 36.4 Å². The maximum atomic E-state index is 13.3. The highest BCUT2D eigenvalue weighted by Crippen LogP contribution is 2.32. The van der Waals surface area contributed by atoms with Crippen LogP contribution in [-0.4, -0.2) is 48.6 Å². The van der Waals surface area contributed by atoms with E-state index in [1.54, 1.807) is 16.2 Å². The highest BCUT2D eigenvalue weighted by atomic mass is 32.1. The third-order valence-corrected chi connectivity index (χ3v) is 7.19. The number of carbonyl (C=O) groups excluding carboxylic acids is 1. The number of fused-ring (bicyclic) bond motifs is 2. The highest BCUT2D eigenvalue weighted by molar-refractivity contribution is 7.22. The lowest BCUT2D eigenvalue weighted by Gasteiger charge is -2.24. The Bertz CT molecular complexity index is 1260. The van der Waals surface area contributed by atoms with Gasteiger partial charge in [0.1, 0.15) is 5.75 Å². The molecule has 0 radical (unpaired) electrons. The van der Waals surface area contributed by atoms with E-state index in [2.05, 4.69) is 50.8 Å². The van der Waals surface area contributed by atoms with Crippen LogP contribution in [0.2, 0.25) is 0 Å². The van der Waals surface area contributed by atoms with Crippen molar-refractivity contribution >= 4 is 43.4 Å². The number of carbonyl (C=O) groups is 1. The van der Waals surface area contributed by atoms with Crippen LogP contribution in [0.25, 0.3) is 21.0 Å². The largest absolute Gasteiger partial charge is 0.484 e. The molecule has 5 nitrogen and oxygen atoms in total. The molecule has 172 valence electrons. The van der Waals surface area contributed by atoms with E-state index in [0.29, 0.717) is 12.3 Å². The van der Waals surface area contributed by atoms with E-state index >= 15 is 0 Å². The van der Waals surface area contributed by atoms with Crippen LogP contribution in [-0.2, 0) is 4.79 Å². The van der Waals surface area contributed by atoms with Crippen molar-refractivity contribution in [2.45, 2.75) is 27.7 Å². The number of aryl methyl sites for hydroxylation is 2. The monoisotopic (exact) mass is 461 g/mol. The topological polar surface area (TPSA) is 45.7 Å². The second-order valence-corrected chi connectivity index (χ2v) is 9.27. The quantitative estimate of drug-likeness (QED) is 0.315. The molecular weight excluding hydrogens is 430 g/mol. The van der Waals surface area contributed by atoms with Gasteiger partial charge in [0.25, 0.3) is 5.91 Å². The number of ether oxygens (including phenoxy) is 1. The van der Waals surface area contributed by atoms with Gasteiger partial charge in [-0.3, -0.25) is 9.69 Å². The van der Waals surface area contributed by atoms with E-state index in [0.717, 1.165) is 45.8 Å². The molecule has 0 fully saturated rings. The molecule has 0 saturated heterocycles. The predicted molar refractivity (Wildman–Crippen MR) is 139 cm³/mol. The Hall–Kier alpha value is -2.96. The first-order valence-corrected chi connectivity index (χ1v) is 12.3. The van der Waals surface area contributed by atoms with Crippen LogP contribution in [0.4, 0.5) is 5.13 Å². The lowest BCUT2D eigenvalue weighted by atomic mass is 10.1. The Morgan fingerprint density at radius 1 is 0.970 bits per heavy atom. The van der Waals surface area contributed by atoms with Crippen LogP contribution in [0.1, 0.15) is 25.0 Å². The van der Waals surface area contributed by atoms with Crippen molar-refractivity contribution in [1.29, 1.82) is 0 Å². The number of nitrogens with zero attached hydrogens (tertiary/aromatic N) is 3. The van der Waals surface area contributed by atoms with Crippen LogP contribution in [0.5, 0.6) is 5.75 Å². The van der Waals surface area contributed by atoms with Crippen LogP contribution in [0.3, 0.4) is 0 Å². The molecular formula is C27H31N3O2S. The molecule has 0 aliphatic heterocycles. The summed E-state index contributed by atoms with van der Waals surface area (Å²) >= 11 is 1.58. The zero-order chi connectivity index (χ0) is 23.4. The maximum Gasteiger partial charge on any atom is 0.266 e. The minimum absolute atomic E-state index is 0.0233. The molecule has 1 aromatic heterocycles. The zero-order valence-electron chi connectivity index (χ0n) is 19.8. The van der Waals surface area contributed by atoms with Gasteiger partial charge in [-0.25, -0.2) is 4.98 Å². The predicted octanol–water partition coefficient (Wildman–Crippen LogP) is 5.82. The molecule has 4 rings (SSSR count). The van der Waals surface area contributed by atoms with Gasteiger partial charge >= 0.3 is 0 Å². The molecule has 0 saturated carbocycles. The van der Waals surface area contributed by atoms with E-state index in [1.165, 1.54) is 11.1 Å². The minimum atomic E-state index is -0.0799. The molecule has 0 bridgehead atoms. The molecule has 4 aromatic rings. The van der Waals surface area contributed by atoms with Gasteiger partial charge in [0, 0.05) is 13.1 Å². The molecule has 6 heteroatoms. The van der Waals surface area contributed by atoms with Crippen LogP contribution < -0.4 is 9.64 Å². The fourth-order valence-electron chi connectivity index (χ4n) is 4.07. The average Bonchev–Trinajstić information content (AvgIpc) is 3.24. The summed E-state index contributed by atoms with van der Waals surface area (Å²) in [5, 5.41) is 2.98. The Morgan fingerprint density at radius 3 is 2.48 bits per heavy atom. The molecule has 1 heterocycles. The average molecular weight is 462 g/mol. The Morgan fingerprint density at radius 2 is 1.73 bits per heavy atom. The van der Waals surface area contributed by atoms with Crippen molar-refractivity contribution in [2.24, 2.45) is 0 Å². The minimum Gasteiger partial charge on any atom is -0.484 e. The van der Waals surface area contributed by atoms with E-state index < -0.39 is 0 Å². The summed E-state index contributed by atoms with van der Waals surface area (Å²) in [6, 6.07) is 18.3. The summed E-state index contributed by atoms with van der Waals surface area (Å²) in [6.45, 7) is 11.7. The third-order valence-electron chi connectivity index (χ3n) is 5.96. The number of rotatable bonds is 9. The second-order valence-electron chi connectivity index (χ2n) is 8.30. The number of anilines is 1. The second kappa shape index (κ2) is 10.3. The van der Waals surface area contributed by atoms with Gasteiger partial charge < -0.3 is 9.64 Å². The number of benzene rings is 3. The van der Waals surface area contributed by atoms with Crippen molar-refractivity contribution in [3.63, 3.8) is 0 Å². The van der Waals surface area contributed by atoms with Gasteiger partial charge in [0.05, 0.1) is 10.2 Å². The summed E-state index contributed by atoms with van der Waals surface area (Å²) in [7, 11) is 0. The third kappa shape index (κ3) is 5.34. The van der Waals surface area contributed by atoms with E-state index in [4.69, 9.17) is 9.72 Å². The van der Waals surface area contributed by atoms with Crippen molar-refractivity contribution in [3.05, 3.63) is 65.7 Å². The van der Waals surface area contributed by atoms with Gasteiger partial charge in [0.2, 0.25) is 0 Å². The van der Waals surface area contributed by atoms with Crippen LogP contribution in [0.15, 0.2) is 54.6 Å². The lowest BCUT2D eigenvalue weighted by Crippen LogP contribution is -2.41. The molecule has 33 heavy (non-hydrogen) atoms. The van der Waals surface area contributed by atoms with E-state index in [-0.39, 0.29) is 12.5 Å². The number of likely N-dealkylation sites (N-methyl/N-ethyl adjacent to an activating group) is 1. The summed E-state index contributed by atoms with van der Waals surface area (Å²) in [5.41, 5.74) is 3.32. The molecule has 0 aliphatic rings. The standard InChI is InChI=1S/C27H31N3O2S/c1-5-29(6-2)13-14-30(27-28-24-16-19(3)15-20(4)26(24)33-27)25(31)18-32-23-12-11-21-9-7-8-10-22(21)17-23/h7-12,15-17H,5-6,13-14,18H2,1-4H3. The Labute approximate surface area is 199 Å². The summed E-state index contributed by atoms with van der Waals surface area (Å²) in [6.07, 6.45) is 0. The number of amides is 1. The van der Waals surface area contributed by atoms with Crippen molar-refractivity contribution in [2.75, 3.05) is 37.7 Å². The normalized spacial score (nSPS) is 11.4. The smallest absolute Gasteiger partial charge is 0.266 e. The fourth-order valence-corrected chi connectivity index (χ4v) is 5.13. The molecule has 0 aliphatic carbocycles. The van der Waals surface area contributed by atoms with Crippen molar-refractivity contribution < 1.29 is 9.53 Å². The molecule has 3 aromatic carbocycles. The zero-order valence-corrected chi connectivity index (χ0v) is 20.6. The van der Waals surface area contributed by atoms with E-state index in [9.17, 15) is 4.79 Å². The van der Waals surface area contributed by atoms with Gasteiger partial charge in [-0.15, -0.1) is 0 Å². The summed E-state index contributed by atoms with van der Waals surface area (Å²) in [5.74, 6) is 0.616. The molecule has 1 amide bonds. The van der Waals surface area contributed by atoms with Gasteiger partial charge in [0.15, 0.2) is 11.7 Å². The lowest BCUT2D eigenvalue weighted by molar-refractivity contribution is -0.120. The van der Waals surface area contributed by atoms with Gasteiger partial charge in [-0.2, -0.15) is 0 Å². The number of aromatic nitrogens is 1. The Kier molecular flexibility index (Phi) is 7.26. The first-order chi connectivity index (χ1) is 16.0. The first kappa shape index (κ1) is 23.2. The van der Waals surface area contributed by atoms with Gasteiger partial charge in [-0.05, 0) is 67.0 Å². The summed E-state index contributed by atoms with van der Waals surface area (Å²) in [4.78, 5) is 22.3. The first-order valence-electron chi connectivity index (χ1n) is 11.5. The molecule has 0 N–H and O–H groups in total. The number of thiazole rings is 1. The number of hydrogen-bond acceptors (Lipinski definition) is 5. The Balaban J connectivity index is 1.56.